The lowest BCUT2D eigenvalue weighted by molar-refractivity contribution is -0.122. The van der Waals surface area contributed by atoms with E-state index in [2.05, 4.69) is 10.3 Å². The lowest BCUT2D eigenvalue weighted by atomic mass is 9.81. The second-order valence-electron chi connectivity index (χ2n) is 7.26. The van der Waals surface area contributed by atoms with Gasteiger partial charge in [0, 0.05) is 24.6 Å². The van der Waals surface area contributed by atoms with Crippen LogP contribution in [-0.4, -0.2) is 27.9 Å². The first-order valence-corrected chi connectivity index (χ1v) is 9.44. The molecule has 1 saturated heterocycles. The molecular weight excluding hydrogens is 358 g/mol. The fourth-order valence-corrected chi connectivity index (χ4v) is 4.12. The van der Waals surface area contributed by atoms with Crippen LogP contribution in [0.25, 0.3) is 0 Å². The van der Waals surface area contributed by atoms with Crippen molar-refractivity contribution in [2.24, 2.45) is 11.8 Å². The van der Waals surface area contributed by atoms with Crippen LogP contribution in [0.15, 0.2) is 42.7 Å². The molecule has 28 heavy (non-hydrogen) atoms. The number of nitrogens with one attached hydrogen (secondary N) is 1. The Kier molecular flexibility index (Phi) is 4.81. The van der Waals surface area contributed by atoms with E-state index in [4.69, 9.17) is 0 Å². The number of hydrogen-bond donors (Lipinski definition) is 2. The van der Waals surface area contributed by atoms with Crippen LogP contribution >= 0.6 is 0 Å². The van der Waals surface area contributed by atoms with Crippen molar-refractivity contribution in [1.82, 2.24) is 4.98 Å². The van der Waals surface area contributed by atoms with Gasteiger partial charge in [-0.2, -0.15) is 0 Å². The molecule has 0 spiro atoms. The topological polar surface area (TPSA) is 99.6 Å². The minimum absolute atomic E-state index is 0.0249. The van der Waals surface area contributed by atoms with E-state index in [9.17, 15) is 19.5 Å². The number of fused-ring (bicyclic) bond motifs is 1. The molecule has 2 aromatic rings. The fourth-order valence-electron chi connectivity index (χ4n) is 4.12. The van der Waals surface area contributed by atoms with Crippen molar-refractivity contribution in [3.63, 3.8) is 0 Å². The predicted molar refractivity (Wildman–Crippen MR) is 103 cm³/mol. The molecule has 2 atom stereocenters. The molecule has 2 fully saturated rings. The van der Waals surface area contributed by atoms with Crippen LogP contribution in [0, 0.1) is 11.8 Å². The van der Waals surface area contributed by atoms with Crippen molar-refractivity contribution in [3.05, 3.63) is 53.9 Å². The first-order valence-electron chi connectivity index (χ1n) is 9.44. The number of carbonyl (C=O) groups is 3. The second kappa shape index (κ2) is 7.42. The van der Waals surface area contributed by atoms with E-state index in [1.807, 2.05) is 12.1 Å². The Morgan fingerprint density at radius 2 is 1.86 bits per heavy atom. The largest absolute Gasteiger partial charge is 0.478 e. The monoisotopic (exact) mass is 379 g/mol. The summed E-state index contributed by atoms with van der Waals surface area (Å²) >= 11 is 0. The molecule has 2 heterocycles. The van der Waals surface area contributed by atoms with Crippen molar-refractivity contribution in [2.75, 3.05) is 10.2 Å². The molecule has 2 amide bonds. The zero-order valence-electron chi connectivity index (χ0n) is 15.3. The number of nitrogens with zero attached hydrogens (tertiary/aromatic N) is 2. The van der Waals surface area contributed by atoms with Gasteiger partial charge in [-0.25, -0.2) is 4.79 Å². The Labute approximate surface area is 162 Å². The normalized spacial score (nSPS) is 21.5. The molecule has 1 aliphatic heterocycles. The lowest BCUT2D eigenvalue weighted by Gasteiger charge is -2.19. The summed E-state index contributed by atoms with van der Waals surface area (Å²) in [7, 11) is 0. The van der Waals surface area contributed by atoms with Crippen LogP contribution in [0.3, 0.4) is 0 Å². The number of amides is 2. The van der Waals surface area contributed by atoms with E-state index < -0.39 is 5.97 Å². The summed E-state index contributed by atoms with van der Waals surface area (Å²) in [6.07, 6.45) is 6.72. The van der Waals surface area contributed by atoms with E-state index in [1.54, 1.807) is 24.5 Å². The van der Waals surface area contributed by atoms with Gasteiger partial charge in [0.1, 0.15) is 0 Å². The molecule has 7 heteroatoms. The molecule has 4 rings (SSSR count). The zero-order chi connectivity index (χ0) is 19.7. The Morgan fingerprint density at radius 3 is 2.46 bits per heavy atom. The molecule has 2 aliphatic rings. The smallest absolute Gasteiger partial charge is 0.337 e. The van der Waals surface area contributed by atoms with E-state index >= 15 is 0 Å². The maximum atomic E-state index is 12.8. The summed E-state index contributed by atoms with van der Waals surface area (Å²) in [5.74, 6) is -2.06. The van der Waals surface area contributed by atoms with Gasteiger partial charge < -0.3 is 10.4 Å². The SMILES string of the molecule is O=C(O)c1cc(N2C(=O)[C@@H]3CCCC[C@H]3C2=O)ccc1NCc1cccnc1. The summed E-state index contributed by atoms with van der Waals surface area (Å²) in [6, 6.07) is 8.34. The summed E-state index contributed by atoms with van der Waals surface area (Å²) in [6.45, 7) is 0.416. The first kappa shape index (κ1) is 18.2. The van der Waals surface area contributed by atoms with Crippen molar-refractivity contribution < 1.29 is 19.5 Å². The van der Waals surface area contributed by atoms with Gasteiger partial charge in [0.25, 0.3) is 0 Å². The van der Waals surface area contributed by atoms with Gasteiger partial charge in [-0.15, -0.1) is 0 Å². The van der Waals surface area contributed by atoms with Crippen LogP contribution < -0.4 is 10.2 Å². The van der Waals surface area contributed by atoms with Crippen LogP contribution in [0.2, 0.25) is 0 Å². The molecule has 144 valence electrons. The summed E-state index contributed by atoms with van der Waals surface area (Å²) in [5.41, 5.74) is 1.69. The van der Waals surface area contributed by atoms with Crippen molar-refractivity contribution in [3.8, 4) is 0 Å². The number of aromatic nitrogens is 1. The molecule has 1 aliphatic carbocycles. The molecule has 0 bridgehead atoms. The Morgan fingerprint density at radius 1 is 1.14 bits per heavy atom. The fraction of sp³-hybridized carbons (Fsp3) is 0.333. The number of anilines is 2. The number of carboxylic acids is 1. The first-order chi connectivity index (χ1) is 13.6. The minimum atomic E-state index is -1.12. The maximum Gasteiger partial charge on any atom is 0.337 e. The van der Waals surface area contributed by atoms with Crippen molar-refractivity contribution in [2.45, 2.75) is 32.2 Å². The third-order valence-electron chi connectivity index (χ3n) is 5.54. The third-order valence-corrected chi connectivity index (χ3v) is 5.54. The molecule has 2 N–H and O–H groups in total. The van der Waals surface area contributed by atoms with E-state index in [-0.39, 0.29) is 29.2 Å². The zero-order valence-corrected chi connectivity index (χ0v) is 15.3. The van der Waals surface area contributed by atoms with Gasteiger partial charge in [0.15, 0.2) is 0 Å². The molecule has 1 aromatic carbocycles. The number of benzene rings is 1. The van der Waals surface area contributed by atoms with Crippen molar-refractivity contribution >= 4 is 29.2 Å². The number of hydrogen-bond acceptors (Lipinski definition) is 5. The standard InChI is InChI=1S/C21H21N3O4/c25-19-15-5-1-2-6-16(15)20(26)24(19)14-7-8-18(17(10-14)21(27)28)23-12-13-4-3-9-22-11-13/h3-4,7-11,15-16,23H,1-2,5-6,12H2,(H,27,28)/t15-,16-/m1/s1. The van der Waals surface area contributed by atoms with E-state index in [0.717, 1.165) is 31.2 Å². The number of carbonyl (C=O) groups excluding carboxylic acids is 2. The lowest BCUT2D eigenvalue weighted by Crippen LogP contribution is -2.31. The summed E-state index contributed by atoms with van der Waals surface area (Å²) in [4.78, 5) is 42.5. The maximum absolute atomic E-state index is 12.8. The predicted octanol–water partition coefficient (Wildman–Crippen LogP) is 3.07. The molecule has 1 aromatic heterocycles. The number of rotatable bonds is 5. The van der Waals surface area contributed by atoms with Gasteiger partial charge in [-0.1, -0.05) is 18.9 Å². The van der Waals surface area contributed by atoms with Gasteiger partial charge in [0.05, 0.1) is 23.1 Å². The van der Waals surface area contributed by atoms with E-state index in [0.29, 0.717) is 17.9 Å². The third kappa shape index (κ3) is 3.24. The van der Waals surface area contributed by atoms with Crippen LogP contribution in [0.5, 0.6) is 0 Å². The molecule has 7 nitrogen and oxygen atoms in total. The molecule has 0 unspecified atom stereocenters. The average molecular weight is 379 g/mol. The van der Waals surface area contributed by atoms with Gasteiger partial charge >= 0.3 is 5.97 Å². The highest BCUT2D eigenvalue weighted by Gasteiger charge is 2.48. The number of carboxylic acid groups (broad SMARTS) is 1. The Balaban J connectivity index is 1.60. The number of aromatic carboxylic acids is 1. The highest BCUT2D eigenvalue weighted by atomic mass is 16.4. The molecular formula is C21H21N3O4. The van der Waals surface area contributed by atoms with Gasteiger partial charge in [-0.05, 0) is 42.7 Å². The van der Waals surface area contributed by atoms with Crippen LogP contribution in [0.4, 0.5) is 11.4 Å². The van der Waals surface area contributed by atoms with Crippen molar-refractivity contribution in [1.29, 1.82) is 0 Å². The average Bonchev–Trinajstić information content (AvgIpc) is 2.98. The highest BCUT2D eigenvalue weighted by Crippen LogP contribution is 2.40. The highest BCUT2D eigenvalue weighted by molar-refractivity contribution is 6.22. The summed E-state index contributed by atoms with van der Waals surface area (Å²) < 4.78 is 0. The molecule has 1 saturated carbocycles. The van der Waals surface area contributed by atoms with Crippen LogP contribution in [-0.2, 0) is 16.1 Å². The number of pyridine rings is 1. The minimum Gasteiger partial charge on any atom is -0.478 e. The van der Waals surface area contributed by atoms with Gasteiger partial charge in [0.2, 0.25) is 11.8 Å². The second-order valence-corrected chi connectivity index (χ2v) is 7.26. The molecule has 0 radical (unpaired) electrons. The van der Waals surface area contributed by atoms with E-state index in [1.165, 1.54) is 11.0 Å². The summed E-state index contributed by atoms with van der Waals surface area (Å²) in [5, 5.41) is 12.7. The quantitative estimate of drug-likeness (QED) is 0.775. The number of imide groups is 1. The Bertz CT molecular complexity index is 905. The van der Waals surface area contributed by atoms with Crippen LogP contribution in [0.1, 0.15) is 41.6 Å². The van der Waals surface area contributed by atoms with Gasteiger partial charge in [-0.3, -0.25) is 19.5 Å². The Hall–Kier alpha value is -3.22.